The van der Waals surface area contributed by atoms with Crippen molar-refractivity contribution in [1.29, 1.82) is 0 Å². The smallest absolute Gasteiger partial charge is 0.210 e. The van der Waals surface area contributed by atoms with Crippen molar-refractivity contribution in [3.8, 4) is 0 Å². The number of hydrogen-bond acceptors (Lipinski definition) is 0. The van der Waals surface area contributed by atoms with Gasteiger partial charge in [-0.15, -0.1) is 0 Å². The summed E-state index contributed by atoms with van der Waals surface area (Å²) < 4.78 is 24.1. The highest BCUT2D eigenvalue weighted by atomic mass is 19.3. The second-order valence-electron chi connectivity index (χ2n) is 2.91. The average molecular weight is 134 g/mol. The highest BCUT2D eigenvalue weighted by Crippen LogP contribution is 2.54. The molecule has 1 rings (SSSR count). The van der Waals surface area contributed by atoms with Crippen LogP contribution in [-0.4, -0.2) is 6.43 Å². The van der Waals surface area contributed by atoms with E-state index in [1.54, 1.807) is 0 Å². The Morgan fingerprint density at radius 3 is 2.11 bits per heavy atom. The number of rotatable bonds is 3. The molecule has 0 amide bonds. The predicted octanol–water partition coefficient (Wildman–Crippen LogP) is 2.83. The molecule has 1 saturated carbocycles. The maximum Gasteiger partial charge on any atom is 0.244 e. The summed E-state index contributed by atoms with van der Waals surface area (Å²) in [5.74, 6) is 0. The van der Waals surface area contributed by atoms with Crippen LogP contribution in [0.25, 0.3) is 0 Å². The van der Waals surface area contributed by atoms with Gasteiger partial charge in [0, 0.05) is 5.41 Å². The summed E-state index contributed by atoms with van der Waals surface area (Å²) in [6, 6.07) is 0. The number of alkyl halides is 2. The third-order valence-corrected chi connectivity index (χ3v) is 2.10. The topological polar surface area (TPSA) is 0 Å². The van der Waals surface area contributed by atoms with Gasteiger partial charge in [0.25, 0.3) is 0 Å². The maximum atomic E-state index is 12.1. The summed E-state index contributed by atoms with van der Waals surface area (Å²) >= 11 is 0. The van der Waals surface area contributed by atoms with Gasteiger partial charge in [-0.1, -0.05) is 13.3 Å². The molecule has 0 aromatic carbocycles. The molecular formula is C7H12F2. The zero-order valence-corrected chi connectivity index (χ0v) is 5.66. The number of halogens is 2. The standard InChI is InChI=1S/C7H12F2/c1-2-3-7(4-5-7)6(8)9/h6H,2-5H2,1H3. The maximum absolute atomic E-state index is 12.1. The van der Waals surface area contributed by atoms with Gasteiger partial charge in [0.05, 0.1) is 0 Å². The summed E-state index contributed by atoms with van der Waals surface area (Å²) in [6.07, 6.45) is 1.03. The first kappa shape index (κ1) is 6.97. The molecular weight excluding hydrogens is 122 g/mol. The minimum atomic E-state index is -2.07. The molecule has 2 heteroatoms. The van der Waals surface area contributed by atoms with Crippen LogP contribution >= 0.6 is 0 Å². The zero-order valence-electron chi connectivity index (χ0n) is 5.66. The van der Waals surface area contributed by atoms with E-state index < -0.39 is 11.8 Å². The molecule has 1 aliphatic carbocycles. The van der Waals surface area contributed by atoms with E-state index >= 15 is 0 Å². The van der Waals surface area contributed by atoms with E-state index in [2.05, 4.69) is 0 Å². The van der Waals surface area contributed by atoms with E-state index in [9.17, 15) is 8.78 Å². The van der Waals surface area contributed by atoms with Gasteiger partial charge in [-0.3, -0.25) is 0 Å². The van der Waals surface area contributed by atoms with Crippen molar-refractivity contribution >= 4 is 0 Å². The second-order valence-corrected chi connectivity index (χ2v) is 2.91. The van der Waals surface area contributed by atoms with Crippen LogP contribution in [0.15, 0.2) is 0 Å². The summed E-state index contributed by atoms with van der Waals surface area (Å²) in [5, 5.41) is 0. The van der Waals surface area contributed by atoms with Crippen molar-refractivity contribution in [3.05, 3.63) is 0 Å². The summed E-state index contributed by atoms with van der Waals surface area (Å²) in [4.78, 5) is 0. The molecule has 0 aliphatic heterocycles. The van der Waals surface area contributed by atoms with Crippen LogP contribution in [0, 0.1) is 5.41 Å². The molecule has 0 saturated heterocycles. The summed E-state index contributed by atoms with van der Waals surface area (Å²) in [6.45, 7) is 1.96. The summed E-state index contributed by atoms with van der Waals surface area (Å²) in [7, 11) is 0. The van der Waals surface area contributed by atoms with Crippen LogP contribution in [0.1, 0.15) is 32.6 Å². The predicted molar refractivity (Wildman–Crippen MR) is 32.6 cm³/mol. The Labute approximate surface area is 54.3 Å². The number of hydrogen-bond donors (Lipinski definition) is 0. The Balaban J connectivity index is 2.33. The SMILES string of the molecule is CCCC1(C(F)F)CC1. The minimum absolute atomic E-state index is 0.533. The Kier molecular flexibility index (Phi) is 1.73. The molecule has 9 heavy (non-hydrogen) atoms. The van der Waals surface area contributed by atoms with Gasteiger partial charge in [0.2, 0.25) is 6.43 Å². The van der Waals surface area contributed by atoms with Gasteiger partial charge in [0.1, 0.15) is 0 Å². The highest BCUT2D eigenvalue weighted by Gasteiger charge is 2.49. The lowest BCUT2D eigenvalue weighted by atomic mass is 10.0. The van der Waals surface area contributed by atoms with Crippen molar-refractivity contribution < 1.29 is 8.78 Å². The molecule has 1 aliphatic rings. The van der Waals surface area contributed by atoms with E-state index in [0.29, 0.717) is 6.42 Å². The third-order valence-electron chi connectivity index (χ3n) is 2.10. The van der Waals surface area contributed by atoms with Crippen molar-refractivity contribution in [1.82, 2.24) is 0 Å². The van der Waals surface area contributed by atoms with E-state index in [1.165, 1.54) is 0 Å². The lowest BCUT2D eigenvalue weighted by molar-refractivity contribution is 0.0560. The Hall–Kier alpha value is -0.140. The molecule has 0 unspecified atom stereocenters. The normalized spacial score (nSPS) is 22.7. The molecule has 0 atom stereocenters. The first-order valence-corrected chi connectivity index (χ1v) is 3.49. The van der Waals surface area contributed by atoms with Crippen molar-refractivity contribution in [2.45, 2.75) is 39.0 Å². The quantitative estimate of drug-likeness (QED) is 0.556. The van der Waals surface area contributed by atoms with Crippen LogP contribution in [-0.2, 0) is 0 Å². The molecule has 0 bridgehead atoms. The van der Waals surface area contributed by atoms with Crippen molar-refractivity contribution in [3.63, 3.8) is 0 Å². The van der Waals surface area contributed by atoms with Gasteiger partial charge in [-0.05, 0) is 19.3 Å². The molecule has 0 spiro atoms. The first-order chi connectivity index (χ1) is 4.21. The fourth-order valence-corrected chi connectivity index (χ4v) is 1.24. The van der Waals surface area contributed by atoms with Gasteiger partial charge in [-0.2, -0.15) is 0 Å². The van der Waals surface area contributed by atoms with Crippen LogP contribution in [0.4, 0.5) is 8.78 Å². The molecule has 0 nitrogen and oxygen atoms in total. The highest BCUT2D eigenvalue weighted by molar-refractivity contribution is 4.94. The van der Waals surface area contributed by atoms with Crippen molar-refractivity contribution in [2.24, 2.45) is 5.41 Å². The third kappa shape index (κ3) is 1.22. The minimum Gasteiger partial charge on any atom is -0.210 e. The largest absolute Gasteiger partial charge is 0.244 e. The Morgan fingerprint density at radius 1 is 1.44 bits per heavy atom. The van der Waals surface area contributed by atoms with Gasteiger partial charge in [-0.25, -0.2) is 8.78 Å². The molecule has 1 fully saturated rings. The van der Waals surface area contributed by atoms with Crippen molar-refractivity contribution in [2.75, 3.05) is 0 Å². The lowest BCUT2D eigenvalue weighted by Crippen LogP contribution is -2.11. The second kappa shape index (κ2) is 2.24. The molecule has 0 N–H and O–H groups in total. The van der Waals surface area contributed by atoms with Gasteiger partial charge >= 0.3 is 0 Å². The molecule has 0 aromatic rings. The van der Waals surface area contributed by atoms with Crippen LogP contribution < -0.4 is 0 Å². The molecule has 0 aromatic heterocycles. The average Bonchev–Trinajstić information content (AvgIpc) is 2.49. The Morgan fingerprint density at radius 2 is 2.00 bits per heavy atom. The van der Waals surface area contributed by atoms with E-state index in [0.717, 1.165) is 19.3 Å². The van der Waals surface area contributed by atoms with Crippen LogP contribution in [0.5, 0.6) is 0 Å². The zero-order chi connectivity index (χ0) is 6.91. The summed E-state index contributed by atoms with van der Waals surface area (Å²) in [5.41, 5.74) is -0.533. The lowest BCUT2D eigenvalue weighted by Gasteiger charge is -2.10. The van der Waals surface area contributed by atoms with Gasteiger partial charge in [0.15, 0.2) is 0 Å². The fraction of sp³-hybridized carbons (Fsp3) is 1.00. The monoisotopic (exact) mass is 134 g/mol. The molecule has 54 valence electrons. The van der Waals surface area contributed by atoms with Gasteiger partial charge < -0.3 is 0 Å². The van der Waals surface area contributed by atoms with E-state index in [-0.39, 0.29) is 0 Å². The Bertz CT molecular complexity index is 95.1. The van der Waals surface area contributed by atoms with Crippen LogP contribution in [0.2, 0.25) is 0 Å². The molecule has 0 radical (unpaired) electrons. The van der Waals surface area contributed by atoms with Crippen LogP contribution in [0.3, 0.4) is 0 Å². The van der Waals surface area contributed by atoms with E-state index in [1.807, 2.05) is 6.92 Å². The first-order valence-electron chi connectivity index (χ1n) is 3.49. The fourth-order valence-electron chi connectivity index (χ4n) is 1.24. The molecule has 0 heterocycles. The van der Waals surface area contributed by atoms with E-state index in [4.69, 9.17) is 0 Å².